The summed E-state index contributed by atoms with van der Waals surface area (Å²) in [5.41, 5.74) is 0. The van der Waals surface area contributed by atoms with E-state index in [2.05, 4.69) is 13.8 Å². The second kappa shape index (κ2) is 7.78. The standard InChI is InChI=1S/C15H29NO2/c1-12(2)5-4-6-15(18)16(3)14-9-7-13(11-17)8-10-14/h12-14,17H,4-11H2,1-3H3. The average molecular weight is 255 g/mol. The zero-order valence-corrected chi connectivity index (χ0v) is 12.2. The second-order valence-electron chi connectivity index (χ2n) is 6.15. The van der Waals surface area contributed by atoms with Crippen LogP contribution in [0.3, 0.4) is 0 Å². The van der Waals surface area contributed by atoms with Gasteiger partial charge >= 0.3 is 0 Å². The van der Waals surface area contributed by atoms with Gasteiger partial charge in [-0.3, -0.25) is 4.79 Å². The van der Waals surface area contributed by atoms with Crippen molar-refractivity contribution in [3.05, 3.63) is 0 Å². The fraction of sp³-hybridized carbons (Fsp3) is 0.933. The Balaban J connectivity index is 2.26. The summed E-state index contributed by atoms with van der Waals surface area (Å²) in [5, 5.41) is 9.11. The lowest BCUT2D eigenvalue weighted by atomic mass is 9.86. The number of amides is 1. The Morgan fingerprint density at radius 3 is 2.39 bits per heavy atom. The summed E-state index contributed by atoms with van der Waals surface area (Å²) in [4.78, 5) is 14.0. The molecule has 0 unspecified atom stereocenters. The number of carbonyl (C=O) groups excluding carboxylic acids is 1. The zero-order chi connectivity index (χ0) is 13.5. The van der Waals surface area contributed by atoms with E-state index >= 15 is 0 Å². The molecule has 0 aromatic carbocycles. The second-order valence-corrected chi connectivity index (χ2v) is 6.15. The van der Waals surface area contributed by atoms with Crippen LogP contribution < -0.4 is 0 Å². The third kappa shape index (κ3) is 4.97. The van der Waals surface area contributed by atoms with Crippen LogP contribution in [0.15, 0.2) is 0 Å². The van der Waals surface area contributed by atoms with Crippen molar-refractivity contribution < 1.29 is 9.90 Å². The van der Waals surface area contributed by atoms with Gasteiger partial charge in [0.05, 0.1) is 0 Å². The number of hydrogen-bond acceptors (Lipinski definition) is 2. The lowest BCUT2D eigenvalue weighted by Crippen LogP contribution is -2.39. The lowest BCUT2D eigenvalue weighted by Gasteiger charge is -2.34. The summed E-state index contributed by atoms with van der Waals surface area (Å²) in [7, 11) is 1.95. The van der Waals surface area contributed by atoms with Gasteiger partial charge in [0.1, 0.15) is 0 Å². The summed E-state index contributed by atoms with van der Waals surface area (Å²) < 4.78 is 0. The van der Waals surface area contributed by atoms with Crippen LogP contribution in [0.2, 0.25) is 0 Å². The van der Waals surface area contributed by atoms with Gasteiger partial charge in [0.15, 0.2) is 0 Å². The molecule has 18 heavy (non-hydrogen) atoms. The Hall–Kier alpha value is -0.570. The molecule has 1 amide bonds. The minimum atomic E-state index is 0.295. The van der Waals surface area contributed by atoms with Crippen LogP contribution in [0.25, 0.3) is 0 Å². The van der Waals surface area contributed by atoms with Crippen LogP contribution in [0.4, 0.5) is 0 Å². The molecule has 0 radical (unpaired) electrons. The molecule has 3 heteroatoms. The van der Waals surface area contributed by atoms with Crippen molar-refractivity contribution in [1.29, 1.82) is 0 Å². The maximum Gasteiger partial charge on any atom is 0.222 e. The van der Waals surface area contributed by atoms with Gasteiger partial charge in [-0.15, -0.1) is 0 Å². The van der Waals surface area contributed by atoms with Crippen LogP contribution in [0, 0.1) is 11.8 Å². The van der Waals surface area contributed by atoms with Crippen molar-refractivity contribution >= 4 is 5.91 Å². The van der Waals surface area contributed by atoms with Crippen molar-refractivity contribution in [3.8, 4) is 0 Å². The number of aliphatic hydroxyl groups excluding tert-OH is 1. The van der Waals surface area contributed by atoms with Gasteiger partial charge in [0.2, 0.25) is 5.91 Å². The maximum atomic E-state index is 12.1. The number of rotatable bonds is 6. The first kappa shape index (κ1) is 15.5. The summed E-state index contributed by atoms with van der Waals surface area (Å²) >= 11 is 0. The number of hydrogen-bond donors (Lipinski definition) is 1. The van der Waals surface area contributed by atoms with Gasteiger partial charge < -0.3 is 10.0 Å². The van der Waals surface area contributed by atoms with Crippen LogP contribution in [-0.2, 0) is 4.79 Å². The van der Waals surface area contributed by atoms with Crippen molar-refractivity contribution in [2.45, 2.75) is 64.8 Å². The van der Waals surface area contributed by atoms with E-state index in [0.29, 0.717) is 36.8 Å². The van der Waals surface area contributed by atoms with Gasteiger partial charge in [-0.2, -0.15) is 0 Å². The molecule has 0 aliphatic heterocycles. The van der Waals surface area contributed by atoms with Gasteiger partial charge in [0.25, 0.3) is 0 Å². The van der Waals surface area contributed by atoms with Crippen molar-refractivity contribution in [2.24, 2.45) is 11.8 Å². The zero-order valence-electron chi connectivity index (χ0n) is 12.2. The molecule has 0 bridgehead atoms. The predicted octanol–water partition coefficient (Wildman–Crippen LogP) is 2.82. The summed E-state index contributed by atoms with van der Waals surface area (Å²) in [5.74, 6) is 1.44. The summed E-state index contributed by atoms with van der Waals surface area (Å²) in [6.45, 7) is 4.70. The molecular formula is C15H29NO2. The SMILES string of the molecule is CC(C)CCCC(=O)N(C)C1CCC(CO)CC1. The Bertz CT molecular complexity index is 245. The third-order valence-electron chi connectivity index (χ3n) is 4.19. The van der Waals surface area contributed by atoms with E-state index in [4.69, 9.17) is 5.11 Å². The number of nitrogens with zero attached hydrogens (tertiary/aromatic N) is 1. The highest BCUT2D eigenvalue weighted by atomic mass is 16.3. The van der Waals surface area contributed by atoms with Crippen LogP contribution in [-0.4, -0.2) is 35.6 Å². The first-order valence-corrected chi connectivity index (χ1v) is 7.41. The molecule has 1 fully saturated rings. The smallest absolute Gasteiger partial charge is 0.222 e. The van der Waals surface area contributed by atoms with Gasteiger partial charge in [-0.1, -0.05) is 20.3 Å². The van der Waals surface area contributed by atoms with Gasteiger partial charge in [0, 0.05) is 26.1 Å². The molecule has 1 saturated carbocycles. The monoisotopic (exact) mass is 255 g/mol. The number of aliphatic hydroxyl groups is 1. The average Bonchev–Trinajstić information content (AvgIpc) is 2.37. The lowest BCUT2D eigenvalue weighted by molar-refractivity contribution is -0.132. The molecule has 0 heterocycles. The van der Waals surface area contributed by atoms with E-state index < -0.39 is 0 Å². The molecule has 0 atom stereocenters. The number of carbonyl (C=O) groups is 1. The normalized spacial score (nSPS) is 24.3. The highest BCUT2D eigenvalue weighted by Crippen LogP contribution is 2.27. The van der Waals surface area contributed by atoms with E-state index in [9.17, 15) is 4.79 Å². The fourth-order valence-corrected chi connectivity index (χ4v) is 2.76. The quantitative estimate of drug-likeness (QED) is 0.793. The van der Waals surface area contributed by atoms with Crippen molar-refractivity contribution in [2.75, 3.05) is 13.7 Å². The molecule has 1 aliphatic rings. The molecule has 0 spiro atoms. The maximum absolute atomic E-state index is 12.1. The minimum absolute atomic E-state index is 0.295. The molecular weight excluding hydrogens is 226 g/mol. The largest absolute Gasteiger partial charge is 0.396 e. The molecule has 0 saturated heterocycles. The molecule has 3 nitrogen and oxygen atoms in total. The molecule has 1 rings (SSSR count). The van der Waals surface area contributed by atoms with E-state index in [1.165, 1.54) is 0 Å². The molecule has 1 N–H and O–H groups in total. The van der Waals surface area contributed by atoms with Crippen molar-refractivity contribution in [3.63, 3.8) is 0 Å². The highest BCUT2D eigenvalue weighted by molar-refractivity contribution is 5.76. The minimum Gasteiger partial charge on any atom is -0.396 e. The van der Waals surface area contributed by atoms with Crippen LogP contribution >= 0.6 is 0 Å². The predicted molar refractivity (Wildman–Crippen MR) is 74.3 cm³/mol. The molecule has 0 aromatic rings. The first-order valence-electron chi connectivity index (χ1n) is 7.41. The van der Waals surface area contributed by atoms with Crippen LogP contribution in [0.1, 0.15) is 58.8 Å². The van der Waals surface area contributed by atoms with Crippen LogP contribution in [0.5, 0.6) is 0 Å². The van der Waals surface area contributed by atoms with Gasteiger partial charge in [-0.25, -0.2) is 0 Å². The molecule has 0 aromatic heterocycles. The summed E-state index contributed by atoms with van der Waals surface area (Å²) in [6, 6.07) is 0.402. The van der Waals surface area contributed by atoms with E-state index in [-0.39, 0.29) is 0 Å². The van der Waals surface area contributed by atoms with E-state index in [1.807, 2.05) is 11.9 Å². The Morgan fingerprint density at radius 1 is 1.28 bits per heavy atom. The molecule has 106 valence electrons. The Morgan fingerprint density at radius 2 is 1.89 bits per heavy atom. The summed E-state index contributed by atoms with van der Waals surface area (Å²) in [6.07, 6.45) is 7.06. The first-order chi connectivity index (χ1) is 8.54. The van der Waals surface area contributed by atoms with E-state index in [0.717, 1.165) is 38.5 Å². The van der Waals surface area contributed by atoms with Gasteiger partial charge in [-0.05, 0) is 43.9 Å². The van der Waals surface area contributed by atoms with E-state index in [1.54, 1.807) is 0 Å². The Kier molecular flexibility index (Phi) is 6.69. The topological polar surface area (TPSA) is 40.5 Å². The Labute approximate surface area is 112 Å². The fourth-order valence-electron chi connectivity index (χ4n) is 2.76. The third-order valence-corrected chi connectivity index (χ3v) is 4.19. The van der Waals surface area contributed by atoms with Crippen molar-refractivity contribution in [1.82, 2.24) is 4.90 Å². The highest BCUT2D eigenvalue weighted by Gasteiger charge is 2.25. The molecule has 1 aliphatic carbocycles.